The Morgan fingerprint density at radius 3 is 1.91 bits per heavy atom. The zero-order chi connectivity index (χ0) is 18.2. The summed E-state index contributed by atoms with van der Waals surface area (Å²) < 4.78 is 0. The van der Waals surface area contributed by atoms with Crippen molar-refractivity contribution in [2.75, 3.05) is 6.54 Å². The molecule has 0 aliphatic carbocycles. The molecule has 0 aromatic carbocycles. The van der Waals surface area contributed by atoms with Crippen LogP contribution in [0.3, 0.4) is 0 Å². The highest BCUT2D eigenvalue weighted by atomic mass is 16.2. The minimum absolute atomic E-state index is 0.0379. The van der Waals surface area contributed by atoms with Crippen molar-refractivity contribution >= 4 is 11.7 Å². The Hall–Kier alpha value is -0.860. The van der Waals surface area contributed by atoms with E-state index in [2.05, 4.69) is 48.5 Å². The van der Waals surface area contributed by atoms with E-state index in [9.17, 15) is 9.59 Å². The van der Waals surface area contributed by atoms with Crippen LogP contribution < -0.4 is 0 Å². The quantitative estimate of drug-likeness (QED) is 0.702. The lowest BCUT2D eigenvalue weighted by atomic mass is 9.62. The summed E-state index contributed by atoms with van der Waals surface area (Å²) >= 11 is 0. The van der Waals surface area contributed by atoms with Gasteiger partial charge < -0.3 is 4.90 Å². The van der Waals surface area contributed by atoms with E-state index in [0.717, 1.165) is 25.8 Å². The van der Waals surface area contributed by atoms with Crippen LogP contribution in [0.25, 0.3) is 0 Å². The molecule has 0 bridgehead atoms. The number of carbonyl (C=O) groups excluding carboxylic acids is 2. The van der Waals surface area contributed by atoms with E-state index in [4.69, 9.17) is 0 Å². The number of rotatable bonds is 1. The first-order chi connectivity index (χ1) is 10.2. The lowest BCUT2D eigenvalue weighted by molar-refractivity contribution is -0.138. The van der Waals surface area contributed by atoms with Crippen molar-refractivity contribution in [3.8, 4) is 0 Å². The van der Waals surface area contributed by atoms with Gasteiger partial charge in [-0.1, -0.05) is 34.6 Å². The third-order valence-electron chi connectivity index (χ3n) is 5.59. The normalized spacial score (nSPS) is 30.6. The van der Waals surface area contributed by atoms with Crippen LogP contribution in [-0.2, 0) is 9.59 Å². The summed E-state index contributed by atoms with van der Waals surface area (Å²) in [6.45, 7) is 19.6. The number of amides is 1. The summed E-state index contributed by atoms with van der Waals surface area (Å²) in [7, 11) is 0. The Labute approximate surface area is 143 Å². The molecule has 1 heterocycles. The van der Waals surface area contributed by atoms with Gasteiger partial charge in [-0.2, -0.15) is 0 Å². The largest absolute Gasteiger partial charge is 0.338 e. The molecule has 0 aromatic heterocycles. The fourth-order valence-electron chi connectivity index (χ4n) is 5.06. The first kappa shape index (κ1) is 20.2. The van der Waals surface area contributed by atoms with E-state index in [1.807, 2.05) is 4.90 Å². The molecule has 2 atom stereocenters. The number of Topliss-reactive ketones (excluding diaryl/α,β-unsaturated/α-hetero) is 1. The van der Waals surface area contributed by atoms with Gasteiger partial charge in [0.15, 0.2) is 0 Å². The molecule has 3 nitrogen and oxygen atoms in total. The van der Waals surface area contributed by atoms with Crippen LogP contribution in [0.1, 0.15) is 81.6 Å². The Morgan fingerprint density at radius 2 is 1.48 bits per heavy atom. The second-order valence-electron chi connectivity index (χ2n) is 9.95. The Kier molecular flexibility index (Phi) is 5.76. The predicted molar refractivity (Wildman–Crippen MR) is 96.2 cm³/mol. The number of carbonyl (C=O) groups is 2. The molecular weight excluding hydrogens is 286 g/mol. The van der Waals surface area contributed by atoms with Crippen molar-refractivity contribution < 1.29 is 9.59 Å². The van der Waals surface area contributed by atoms with Gasteiger partial charge in [0.1, 0.15) is 5.78 Å². The highest BCUT2D eigenvalue weighted by molar-refractivity contribution is 5.79. The molecule has 1 rings (SSSR count). The third kappa shape index (κ3) is 5.06. The third-order valence-corrected chi connectivity index (χ3v) is 5.59. The molecule has 1 saturated heterocycles. The molecule has 0 N–H and O–H groups in total. The van der Waals surface area contributed by atoms with E-state index in [1.165, 1.54) is 0 Å². The maximum atomic E-state index is 12.4. The molecule has 3 heteroatoms. The fourth-order valence-corrected chi connectivity index (χ4v) is 5.06. The average molecular weight is 324 g/mol. The summed E-state index contributed by atoms with van der Waals surface area (Å²) in [5, 5.41) is 0. The summed E-state index contributed by atoms with van der Waals surface area (Å²) in [5.41, 5.74) is -0.253. The van der Waals surface area contributed by atoms with Crippen LogP contribution in [0.15, 0.2) is 0 Å². The zero-order valence-corrected chi connectivity index (χ0v) is 16.7. The molecule has 1 aliphatic rings. The SMILES string of the molecule is CC(=O)C1CC(C)(C)CC(C)CN(C(C)=O)C(C)(C)CC1(C)C. The predicted octanol–water partition coefficient (Wildman–Crippen LogP) is 4.69. The molecule has 1 aliphatic heterocycles. The molecule has 134 valence electrons. The van der Waals surface area contributed by atoms with Gasteiger partial charge in [-0.15, -0.1) is 0 Å². The Balaban J connectivity index is 3.33. The van der Waals surface area contributed by atoms with E-state index < -0.39 is 0 Å². The molecule has 1 amide bonds. The summed E-state index contributed by atoms with van der Waals surface area (Å²) in [5.74, 6) is 0.884. The van der Waals surface area contributed by atoms with Crippen molar-refractivity contribution in [1.82, 2.24) is 4.90 Å². The van der Waals surface area contributed by atoms with Gasteiger partial charge in [0.25, 0.3) is 0 Å². The standard InChI is InChI=1S/C20H37NO2/c1-14-10-18(4,5)11-17(15(2)22)19(6,7)13-20(8,9)21(12-14)16(3)23/h14,17H,10-13H2,1-9H3. The van der Waals surface area contributed by atoms with Gasteiger partial charge >= 0.3 is 0 Å². The monoisotopic (exact) mass is 323 g/mol. The average Bonchev–Trinajstić information content (AvgIpc) is 2.29. The molecule has 23 heavy (non-hydrogen) atoms. The van der Waals surface area contributed by atoms with E-state index >= 15 is 0 Å². The van der Waals surface area contributed by atoms with Crippen molar-refractivity contribution in [3.63, 3.8) is 0 Å². The highest BCUT2D eigenvalue weighted by Gasteiger charge is 2.44. The van der Waals surface area contributed by atoms with Crippen LogP contribution >= 0.6 is 0 Å². The highest BCUT2D eigenvalue weighted by Crippen LogP contribution is 2.46. The van der Waals surface area contributed by atoms with Crippen molar-refractivity contribution in [2.24, 2.45) is 22.7 Å². The second-order valence-corrected chi connectivity index (χ2v) is 9.95. The first-order valence-electron chi connectivity index (χ1n) is 8.97. The van der Waals surface area contributed by atoms with Crippen LogP contribution in [0.2, 0.25) is 0 Å². The molecule has 2 unspecified atom stereocenters. The van der Waals surface area contributed by atoms with Crippen molar-refractivity contribution in [1.29, 1.82) is 0 Å². The first-order valence-corrected chi connectivity index (χ1v) is 8.97. The maximum absolute atomic E-state index is 12.4. The van der Waals surface area contributed by atoms with E-state index in [-0.39, 0.29) is 34.0 Å². The maximum Gasteiger partial charge on any atom is 0.219 e. The number of hydrogen-bond donors (Lipinski definition) is 0. The van der Waals surface area contributed by atoms with Crippen LogP contribution in [0.5, 0.6) is 0 Å². The lowest BCUT2D eigenvalue weighted by Gasteiger charge is -2.49. The Morgan fingerprint density at radius 1 is 0.957 bits per heavy atom. The second kappa shape index (κ2) is 6.57. The zero-order valence-electron chi connectivity index (χ0n) is 16.7. The molecule has 0 saturated carbocycles. The molecule has 0 spiro atoms. The number of nitrogens with zero attached hydrogens (tertiary/aromatic N) is 1. The molecule has 1 fully saturated rings. The van der Waals surface area contributed by atoms with Crippen LogP contribution in [0.4, 0.5) is 0 Å². The molecule has 0 radical (unpaired) electrons. The van der Waals surface area contributed by atoms with Crippen molar-refractivity contribution in [3.05, 3.63) is 0 Å². The van der Waals surface area contributed by atoms with E-state index in [1.54, 1.807) is 13.8 Å². The molecule has 0 aromatic rings. The van der Waals surface area contributed by atoms with Gasteiger partial charge in [-0.3, -0.25) is 9.59 Å². The minimum atomic E-state index is -0.237. The van der Waals surface area contributed by atoms with Gasteiger partial charge in [-0.05, 0) is 56.8 Å². The van der Waals surface area contributed by atoms with Crippen LogP contribution in [-0.4, -0.2) is 28.7 Å². The number of hydrogen-bond acceptors (Lipinski definition) is 2. The summed E-state index contributed by atoms with van der Waals surface area (Å²) in [6, 6.07) is 0. The topological polar surface area (TPSA) is 37.4 Å². The smallest absolute Gasteiger partial charge is 0.219 e. The van der Waals surface area contributed by atoms with E-state index in [0.29, 0.717) is 5.92 Å². The molecular formula is C20H37NO2. The fraction of sp³-hybridized carbons (Fsp3) is 0.900. The summed E-state index contributed by atoms with van der Waals surface area (Å²) in [6.07, 6.45) is 2.80. The van der Waals surface area contributed by atoms with Gasteiger partial charge in [0.05, 0.1) is 0 Å². The van der Waals surface area contributed by atoms with Gasteiger partial charge in [0.2, 0.25) is 5.91 Å². The van der Waals surface area contributed by atoms with Crippen LogP contribution in [0, 0.1) is 22.7 Å². The lowest BCUT2D eigenvalue weighted by Crippen LogP contribution is -2.53. The summed E-state index contributed by atoms with van der Waals surface area (Å²) in [4.78, 5) is 26.7. The van der Waals surface area contributed by atoms with Crippen molar-refractivity contribution in [2.45, 2.75) is 87.1 Å². The van der Waals surface area contributed by atoms with Gasteiger partial charge in [-0.25, -0.2) is 0 Å². The van der Waals surface area contributed by atoms with Gasteiger partial charge in [0, 0.05) is 24.9 Å². The number of ketones is 1. The Bertz CT molecular complexity index is 462. The minimum Gasteiger partial charge on any atom is -0.338 e.